The van der Waals surface area contributed by atoms with Crippen LogP contribution < -0.4 is 10.6 Å². The number of hydrogen-bond acceptors (Lipinski definition) is 5. The van der Waals surface area contributed by atoms with Crippen LogP contribution in [0.4, 0.5) is 11.6 Å². The average Bonchev–Trinajstić information content (AvgIpc) is 3.16. The van der Waals surface area contributed by atoms with Gasteiger partial charge >= 0.3 is 0 Å². The molecular weight excluding hydrogens is 406 g/mol. The fourth-order valence-corrected chi connectivity index (χ4v) is 4.32. The van der Waals surface area contributed by atoms with Gasteiger partial charge in [0, 0.05) is 11.4 Å². The molecule has 7 heteroatoms. The molecule has 6 nitrogen and oxygen atoms in total. The van der Waals surface area contributed by atoms with E-state index < -0.39 is 0 Å². The highest BCUT2D eigenvalue weighted by Gasteiger charge is 2.34. The molecule has 0 spiro atoms. The van der Waals surface area contributed by atoms with Crippen molar-refractivity contribution in [3.63, 3.8) is 0 Å². The van der Waals surface area contributed by atoms with Crippen LogP contribution in [0.2, 0.25) is 0 Å². The number of carbonyl (C=O) groups excluding carboxylic acids is 1. The van der Waals surface area contributed by atoms with Gasteiger partial charge < -0.3 is 10.6 Å². The number of thioether (sulfide) groups is 1. The Kier molecular flexibility index (Phi) is 6.13. The summed E-state index contributed by atoms with van der Waals surface area (Å²) in [5, 5.41) is 11.8. The number of anilines is 2. The van der Waals surface area contributed by atoms with Crippen LogP contribution in [0.3, 0.4) is 0 Å². The molecule has 0 saturated heterocycles. The van der Waals surface area contributed by atoms with Gasteiger partial charge in [-0.15, -0.1) is 5.10 Å². The number of aryl methyl sites for hydroxylation is 2. The lowest BCUT2D eigenvalue weighted by Gasteiger charge is -2.29. The van der Waals surface area contributed by atoms with Crippen molar-refractivity contribution in [1.82, 2.24) is 14.8 Å². The second-order valence-electron chi connectivity index (χ2n) is 7.53. The molecule has 3 aromatic rings. The molecule has 2 N–H and O–H groups in total. The number of fused-ring (bicyclic) bond motifs is 1. The summed E-state index contributed by atoms with van der Waals surface area (Å²) in [5.74, 6) is 1.40. The second-order valence-corrected chi connectivity index (χ2v) is 8.76. The molecule has 1 aliphatic rings. The van der Waals surface area contributed by atoms with Crippen LogP contribution in [0.25, 0.3) is 0 Å². The van der Waals surface area contributed by atoms with Gasteiger partial charge in [-0.2, -0.15) is 4.98 Å². The fraction of sp³-hybridized carbons (Fsp3) is 0.292. The number of para-hydroxylation sites is 1. The van der Waals surface area contributed by atoms with E-state index in [0.717, 1.165) is 34.7 Å². The van der Waals surface area contributed by atoms with Gasteiger partial charge in [0.15, 0.2) is 0 Å². The van der Waals surface area contributed by atoms with Crippen LogP contribution in [-0.4, -0.2) is 26.4 Å². The van der Waals surface area contributed by atoms with E-state index in [-0.39, 0.29) is 11.9 Å². The Morgan fingerprint density at radius 1 is 1.13 bits per heavy atom. The van der Waals surface area contributed by atoms with Crippen LogP contribution in [0, 0.1) is 6.92 Å². The first-order valence-electron chi connectivity index (χ1n) is 10.5. The van der Waals surface area contributed by atoms with Crippen molar-refractivity contribution in [1.29, 1.82) is 0 Å². The number of benzene rings is 2. The highest BCUT2D eigenvalue weighted by Crippen LogP contribution is 2.37. The smallest absolute Gasteiger partial charge is 0.255 e. The van der Waals surface area contributed by atoms with E-state index in [4.69, 9.17) is 5.10 Å². The number of aromatic nitrogens is 3. The summed E-state index contributed by atoms with van der Waals surface area (Å²) in [4.78, 5) is 18.1. The third-order valence-electron chi connectivity index (χ3n) is 5.45. The van der Waals surface area contributed by atoms with E-state index in [1.54, 1.807) is 11.8 Å². The highest BCUT2D eigenvalue weighted by atomic mass is 32.2. The first-order chi connectivity index (χ1) is 15.0. The van der Waals surface area contributed by atoms with Gasteiger partial charge in [0.1, 0.15) is 6.04 Å². The van der Waals surface area contributed by atoms with Crippen LogP contribution >= 0.6 is 11.8 Å². The van der Waals surface area contributed by atoms with Gasteiger partial charge in [-0.05, 0) is 48.8 Å². The summed E-state index contributed by atoms with van der Waals surface area (Å²) in [5.41, 5.74) is 5.50. The van der Waals surface area contributed by atoms with Crippen molar-refractivity contribution >= 4 is 29.3 Å². The van der Waals surface area contributed by atoms with Crippen LogP contribution in [0.1, 0.15) is 43.5 Å². The van der Waals surface area contributed by atoms with Gasteiger partial charge in [-0.25, -0.2) is 4.68 Å². The summed E-state index contributed by atoms with van der Waals surface area (Å²) in [7, 11) is 0. The maximum absolute atomic E-state index is 13.5. The molecule has 31 heavy (non-hydrogen) atoms. The molecule has 2 aromatic carbocycles. The van der Waals surface area contributed by atoms with Gasteiger partial charge in [0.05, 0.1) is 5.57 Å². The number of amides is 1. The topological polar surface area (TPSA) is 71.8 Å². The maximum atomic E-state index is 13.5. The number of nitrogens with zero attached hydrogens (tertiary/aromatic N) is 3. The van der Waals surface area contributed by atoms with Gasteiger partial charge in [-0.3, -0.25) is 4.79 Å². The van der Waals surface area contributed by atoms with Crippen molar-refractivity contribution < 1.29 is 4.79 Å². The number of nitrogens with one attached hydrogen (secondary N) is 2. The van der Waals surface area contributed by atoms with E-state index in [2.05, 4.69) is 53.7 Å². The second kappa shape index (κ2) is 8.98. The Balaban J connectivity index is 1.78. The molecule has 0 fully saturated rings. The molecule has 0 bridgehead atoms. The lowest BCUT2D eigenvalue weighted by Crippen LogP contribution is -2.31. The third kappa shape index (κ3) is 4.23. The molecule has 0 saturated carbocycles. The first kappa shape index (κ1) is 21.2. The Morgan fingerprint density at radius 3 is 2.55 bits per heavy atom. The Bertz CT molecular complexity index is 1130. The predicted octanol–water partition coefficient (Wildman–Crippen LogP) is 5.19. The fourth-order valence-electron chi connectivity index (χ4n) is 3.76. The zero-order chi connectivity index (χ0) is 22.0. The molecular formula is C24H27N5OS. The Morgan fingerprint density at radius 2 is 1.87 bits per heavy atom. The zero-order valence-corrected chi connectivity index (χ0v) is 19.1. The van der Waals surface area contributed by atoms with Crippen LogP contribution in [0.5, 0.6) is 0 Å². The van der Waals surface area contributed by atoms with Crippen molar-refractivity contribution in [2.75, 3.05) is 16.4 Å². The van der Waals surface area contributed by atoms with E-state index in [9.17, 15) is 4.79 Å². The largest absolute Gasteiger partial charge is 0.328 e. The SMILES string of the molecule is CCSc1nc2n(n1)[C@H](c1ccc(CC)cc1)C(C(=O)Nc1ccccc1C)=C(C)N2. The summed E-state index contributed by atoms with van der Waals surface area (Å²) in [6.07, 6.45) is 0.966. The van der Waals surface area contributed by atoms with Crippen LogP contribution in [-0.2, 0) is 11.2 Å². The standard InChI is InChI=1S/C24H27N5OS/c1-5-17-11-13-18(14-12-17)21-20(22(30)26-19-10-8-7-9-15(19)3)16(4)25-23-27-24(31-6-2)28-29(21)23/h7-14,21H,5-6H2,1-4H3,(H,26,30)(H,25,27,28)/t21-/m1/s1. The van der Waals surface area contributed by atoms with Crippen molar-refractivity contribution in [3.8, 4) is 0 Å². The molecule has 0 aliphatic carbocycles. The number of allylic oxidation sites excluding steroid dienone is 1. The molecule has 4 rings (SSSR count). The molecule has 1 aliphatic heterocycles. The highest BCUT2D eigenvalue weighted by molar-refractivity contribution is 7.99. The number of carbonyl (C=O) groups is 1. The van der Waals surface area contributed by atoms with E-state index in [1.165, 1.54) is 5.56 Å². The van der Waals surface area contributed by atoms with Gasteiger partial charge in [0.2, 0.25) is 11.1 Å². The minimum Gasteiger partial charge on any atom is -0.328 e. The summed E-state index contributed by atoms with van der Waals surface area (Å²) in [6, 6.07) is 15.8. The summed E-state index contributed by atoms with van der Waals surface area (Å²) >= 11 is 1.59. The van der Waals surface area contributed by atoms with Gasteiger partial charge in [-0.1, -0.05) is 68.1 Å². The van der Waals surface area contributed by atoms with E-state index in [0.29, 0.717) is 16.7 Å². The molecule has 1 atom stereocenters. The minimum atomic E-state index is -0.357. The predicted molar refractivity (Wildman–Crippen MR) is 127 cm³/mol. The minimum absolute atomic E-state index is 0.144. The zero-order valence-electron chi connectivity index (χ0n) is 18.3. The lowest BCUT2D eigenvalue weighted by molar-refractivity contribution is -0.113. The molecule has 1 amide bonds. The number of rotatable bonds is 6. The normalized spacial score (nSPS) is 15.4. The number of hydrogen-bond donors (Lipinski definition) is 2. The van der Waals surface area contributed by atoms with Crippen molar-refractivity contribution in [3.05, 3.63) is 76.5 Å². The third-order valence-corrected chi connectivity index (χ3v) is 6.17. The van der Waals surface area contributed by atoms with Crippen molar-refractivity contribution in [2.45, 2.75) is 45.3 Å². The molecule has 1 aromatic heterocycles. The van der Waals surface area contributed by atoms with E-state index >= 15 is 0 Å². The molecule has 0 radical (unpaired) electrons. The molecule has 2 heterocycles. The van der Waals surface area contributed by atoms with Crippen molar-refractivity contribution in [2.24, 2.45) is 0 Å². The molecule has 160 valence electrons. The molecule has 0 unspecified atom stereocenters. The Hall–Kier alpha value is -3.06. The van der Waals surface area contributed by atoms with Gasteiger partial charge in [0.25, 0.3) is 5.91 Å². The monoisotopic (exact) mass is 433 g/mol. The van der Waals surface area contributed by atoms with Crippen LogP contribution in [0.15, 0.2) is 65.0 Å². The summed E-state index contributed by atoms with van der Waals surface area (Å²) in [6.45, 7) is 8.11. The Labute approximate surface area is 187 Å². The summed E-state index contributed by atoms with van der Waals surface area (Å²) < 4.78 is 1.83. The lowest BCUT2D eigenvalue weighted by atomic mass is 9.94. The van der Waals surface area contributed by atoms with E-state index in [1.807, 2.05) is 42.8 Å². The average molecular weight is 434 g/mol. The first-order valence-corrected chi connectivity index (χ1v) is 11.5. The quantitative estimate of drug-likeness (QED) is 0.524. The maximum Gasteiger partial charge on any atom is 0.255 e.